The monoisotopic (exact) mass is 357 g/mol. The lowest BCUT2D eigenvalue weighted by Gasteiger charge is -2.07. The molecule has 18 heavy (non-hydrogen) atoms. The minimum Gasteiger partial charge on any atom is -0.378 e. The Morgan fingerprint density at radius 2 is 2.28 bits per heavy atom. The summed E-state index contributed by atoms with van der Waals surface area (Å²) in [6, 6.07) is 3.77. The normalized spacial score (nSPS) is 10.6. The first kappa shape index (κ1) is 13.2. The summed E-state index contributed by atoms with van der Waals surface area (Å²) in [6.07, 6.45) is 1.68. The number of hydrogen-bond acceptors (Lipinski definition) is 4. The third kappa shape index (κ3) is 2.59. The van der Waals surface area contributed by atoms with Crippen molar-refractivity contribution in [3.05, 3.63) is 43.5 Å². The summed E-state index contributed by atoms with van der Waals surface area (Å²) in [7, 11) is 1.57. The van der Waals surface area contributed by atoms with Gasteiger partial charge in [0, 0.05) is 13.3 Å². The quantitative estimate of drug-likeness (QED) is 0.852. The minimum atomic E-state index is -0.169. The standard InChI is InChI=1S/C12H12IN3O2/c1-7-4-3-5-14-10(7)11-15-8(6-18-2)9(13)12(17)16-11/h3-5H,6H2,1-2H3,(H,15,16,17). The van der Waals surface area contributed by atoms with Crippen molar-refractivity contribution in [2.45, 2.75) is 13.5 Å². The molecule has 6 heteroatoms. The van der Waals surface area contributed by atoms with Crippen LogP contribution in [0.1, 0.15) is 11.3 Å². The van der Waals surface area contributed by atoms with Crippen molar-refractivity contribution in [2.75, 3.05) is 7.11 Å². The van der Waals surface area contributed by atoms with Gasteiger partial charge in [0.25, 0.3) is 5.56 Å². The van der Waals surface area contributed by atoms with Crippen LogP contribution in [0.5, 0.6) is 0 Å². The molecule has 0 aliphatic carbocycles. The summed E-state index contributed by atoms with van der Waals surface area (Å²) in [4.78, 5) is 23.2. The third-order valence-corrected chi connectivity index (χ3v) is 3.56. The fraction of sp³-hybridized carbons (Fsp3) is 0.250. The molecular weight excluding hydrogens is 345 g/mol. The van der Waals surface area contributed by atoms with E-state index in [0.29, 0.717) is 27.4 Å². The molecule has 0 aliphatic heterocycles. The van der Waals surface area contributed by atoms with Gasteiger partial charge in [0.05, 0.1) is 12.3 Å². The number of rotatable bonds is 3. The molecule has 0 atom stereocenters. The molecule has 0 aliphatic rings. The van der Waals surface area contributed by atoms with Crippen LogP contribution in [0.25, 0.3) is 11.5 Å². The van der Waals surface area contributed by atoms with Crippen molar-refractivity contribution >= 4 is 22.6 Å². The van der Waals surface area contributed by atoms with E-state index in [1.807, 2.05) is 41.6 Å². The number of hydrogen-bond donors (Lipinski definition) is 1. The van der Waals surface area contributed by atoms with E-state index in [-0.39, 0.29) is 5.56 Å². The second kappa shape index (κ2) is 5.57. The molecule has 0 aromatic carbocycles. The Morgan fingerprint density at radius 1 is 1.50 bits per heavy atom. The van der Waals surface area contributed by atoms with E-state index < -0.39 is 0 Å². The second-order valence-corrected chi connectivity index (χ2v) is 4.86. The van der Waals surface area contributed by atoms with Crippen LogP contribution in [-0.2, 0) is 11.3 Å². The number of pyridine rings is 1. The lowest BCUT2D eigenvalue weighted by molar-refractivity contribution is 0.180. The fourth-order valence-corrected chi connectivity index (χ4v) is 1.99. The van der Waals surface area contributed by atoms with Crippen LogP contribution in [0.3, 0.4) is 0 Å². The Balaban J connectivity index is 2.59. The van der Waals surface area contributed by atoms with Gasteiger partial charge >= 0.3 is 0 Å². The number of aromatic amines is 1. The van der Waals surface area contributed by atoms with E-state index in [1.54, 1.807) is 13.3 Å². The Labute approximate surface area is 118 Å². The average Bonchev–Trinajstić information content (AvgIpc) is 2.35. The van der Waals surface area contributed by atoms with Crippen LogP contribution in [0.15, 0.2) is 23.1 Å². The molecule has 0 amide bonds. The maximum atomic E-state index is 11.8. The summed E-state index contributed by atoms with van der Waals surface area (Å²) in [5.74, 6) is 0.477. The lowest BCUT2D eigenvalue weighted by Crippen LogP contribution is -2.17. The highest BCUT2D eigenvalue weighted by atomic mass is 127. The number of aryl methyl sites for hydroxylation is 1. The molecule has 2 rings (SSSR count). The molecule has 2 aromatic heterocycles. The highest BCUT2D eigenvalue weighted by Crippen LogP contribution is 2.16. The highest BCUT2D eigenvalue weighted by molar-refractivity contribution is 14.1. The molecule has 94 valence electrons. The van der Waals surface area contributed by atoms with Gasteiger partial charge in [0.1, 0.15) is 9.26 Å². The first-order valence-electron chi connectivity index (χ1n) is 5.33. The molecule has 1 N–H and O–H groups in total. The molecule has 2 heterocycles. The Kier molecular flexibility index (Phi) is 4.07. The first-order valence-corrected chi connectivity index (χ1v) is 6.41. The molecule has 0 saturated heterocycles. The van der Waals surface area contributed by atoms with Crippen LogP contribution in [-0.4, -0.2) is 22.1 Å². The SMILES string of the molecule is COCc1nc(-c2ncccc2C)[nH]c(=O)c1I. The van der Waals surface area contributed by atoms with E-state index in [9.17, 15) is 4.79 Å². The maximum Gasteiger partial charge on any atom is 0.265 e. The van der Waals surface area contributed by atoms with E-state index in [4.69, 9.17) is 4.74 Å². The zero-order valence-corrected chi connectivity index (χ0v) is 12.2. The summed E-state index contributed by atoms with van der Waals surface area (Å²) in [5, 5.41) is 0. The van der Waals surface area contributed by atoms with Gasteiger partial charge in [-0.15, -0.1) is 0 Å². The molecule has 0 bridgehead atoms. The van der Waals surface area contributed by atoms with Crippen molar-refractivity contribution in [1.82, 2.24) is 15.0 Å². The van der Waals surface area contributed by atoms with Crippen molar-refractivity contribution in [2.24, 2.45) is 0 Å². The van der Waals surface area contributed by atoms with Crippen LogP contribution in [0.4, 0.5) is 0 Å². The number of ether oxygens (including phenoxy) is 1. The number of nitrogens with one attached hydrogen (secondary N) is 1. The number of methoxy groups -OCH3 is 1. The summed E-state index contributed by atoms with van der Waals surface area (Å²) < 4.78 is 5.59. The van der Waals surface area contributed by atoms with Crippen LogP contribution >= 0.6 is 22.6 Å². The fourth-order valence-electron chi connectivity index (χ4n) is 1.58. The predicted molar refractivity (Wildman–Crippen MR) is 76.3 cm³/mol. The largest absolute Gasteiger partial charge is 0.378 e. The van der Waals surface area contributed by atoms with Crippen molar-refractivity contribution in [3.63, 3.8) is 0 Å². The van der Waals surface area contributed by atoms with Gasteiger partial charge in [-0.3, -0.25) is 9.78 Å². The van der Waals surface area contributed by atoms with Gasteiger partial charge in [-0.1, -0.05) is 6.07 Å². The summed E-state index contributed by atoms with van der Waals surface area (Å²) >= 11 is 1.97. The van der Waals surface area contributed by atoms with E-state index in [0.717, 1.165) is 5.56 Å². The molecule has 2 aromatic rings. The number of nitrogens with zero attached hydrogens (tertiary/aromatic N) is 2. The number of halogens is 1. The minimum absolute atomic E-state index is 0.169. The molecule has 5 nitrogen and oxygen atoms in total. The van der Waals surface area contributed by atoms with Gasteiger partial charge < -0.3 is 9.72 Å². The smallest absolute Gasteiger partial charge is 0.265 e. The number of H-pyrrole nitrogens is 1. The number of aromatic nitrogens is 3. The van der Waals surface area contributed by atoms with Crippen LogP contribution < -0.4 is 5.56 Å². The Bertz CT molecular complexity index is 625. The van der Waals surface area contributed by atoms with E-state index in [1.165, 1.54) is 0 Å². The predicted octanol–water partition coefficient (Wildman–Crippen LogP) is 1.89. The van der Waals surface area contributed by atoms with Gasteiger partial charge in [0.15, 0.2) is 5.82 Å². The first-order chi connectivity index (χ1) is 8.63. The van der Waals surface area contributed by atoms with Crippen molar-refractivity contribution in [1.29, 1.82) is 0 Å². The third-order valence-electron chi connectivity index (χ3n) is 2.45. The highest BCUT2D eigenvalue weighted by Gasteiger charge is 2.12. The second-order valence-electron chi connectivity index (χ2n) is 3.78. The lowest BCUT2D eigenvalue weighted by atomic mass is 10.2. The van der Waals surface area contributed by atoms with Gasteiger partial charge in [-0.25, -0.2) is 4.98 Å². The average molecular weight is 357 g/mol. The molecule has 0 fully saturated rings. The van der Waals surface area contributed by atoms with Crippen LogP contribution in [0, 0.1) is 10.5 Å². The molecule has 0 unspecified atom stereocenters. The van der Waals surface area contributed by atoms with Crippen LogP contribution in [0.2, 0.25) is 0 Å². The maximum absolute atomic E-state index is 11.8. The Hall–Kier alpha value is -1.28. The topological polar surface area (TPSA) is 67.9 Å². The van der Waals surface area contributed by atoms with E-state index >= 15 is 0 Å². The van der Waals surface area contributed by atoms with Gasteiger partial charge in [0.2, 0.25) is 0 Å². The van der Waals surface area contributed by atoms with E-state index in [2.05, 4.69) is 15.0 Å². The summed E-state index contributed by atoms with van der Waals surface area (Å²) in [6.45, 7) is 2.23. The van der Waals surface area contributed by atoms with Gasteiger partial charge in [-0.05, 0) is 41.1 Å². The summed E-state index contributed by atoms with van der Waals surface area (Å²) in [5.41, 5.74) is 2.10. The van der Waals surface area contributed by atoms with Gasteiger partial charge in [-0.2, -0.15) is 0 Å². The molecule has 0 saturated carbocycles. The molecular formula is C12H12IN3O2. The van der Waals surface area contributed by atoms with Crippen molar-refractivity contribution in [3.8, 4) is 11.5 Å². The zero-order chi connectivity index (χ0) is 13.1. The molecule has 0 spiro atoms. The van der Waals surface area contributed by atoms with Crippen molar-refractivity contribution < 1.29 is 4.74 Å². The Morgan fingerprint density at radius 3 is 2.94 bits per heavy atom. The zero-order valence-electron chi connectivity index (χ0n) is 10.0. The molecule has 0 radical (unpaired) electrons.